The van der Waals surface area contributed by atoms with Crippen LogP contribution in [0.3, 0.4) is 0 Å². The molecule has 0 bridgehead atoms. The number of methoxy groups -OCH3 is 1. The van der Waals surface area contributed by atoms with E-state index in [2.05, 4.69) is 10.6 Å². The molecule has 10 heteroatoms. The number of nitrogens with one attached hydrogen (secondary N) is 2. The van der Waals surface area contributed by atoms with E-state index < -0.39 is 35.3 Å². The molecule has 31 heavy (non-hydrogen) atoms. The van der Waals surface area contributed by atoms with E-state index in [0.717, 1.165) is 6.07 Å². The topological polar surface area (TPSA) is 79.9 Å². The van der Waals surface area contributed by atoms with Gasteiger partial charge in [-0.1, -0.05) is 13.0 Å². The van der Waals surface area contributed by atoms with Gasteiger partial charge in [0.05, 0.1) is 13.2 Å². The van der Waals surface area contributed by atoms with Crippen molar-refractivity contribution in [3.05, 3.63) is 35.1 Å². The molecular formula is C21H30F3N3O4. The summed E-state index contributed by atoms with van der Waals surface area (Å²) in [6.07, 6.45) is 0.312. The fraction of sp³-hybridized carbons (Fsp3) is 0.619. The third-order valence-corrected chi connectivity index (χ3v) is 5.30. The number of hydrogen-bond donors (Lipinski definition) is 2. The number of likely N-dealkylation sites (N-methyl/N-ethyl adjacent to an activating group) is 1. The lowest BCUT2D eigenvalue weighted by Gasteiger charge is -2.34. The highest BCUT2D eigenvalue weighted by atomic mass is 19.3. The Kier molecular flexibility index (Phi) is 9.27. The third kappa shape index (κ3) is 6.65. The molecule has 1 aromatic carbocycles. The van der Waals surface area contributed by atoms with Gasteiger partial charge >= 0.3 is 5.92 Å². The van der Waals surface area contributed by atoms with Crippen LogP contribution in [0.4, 0.5) is 13.2 Å². The molecule has 2 unspecified atom stereocenters. The number of benzene rings is 1. The summed E-state index contributed by atoms with van der Waals surface area (Å²) in [7, 11) is 1.48. The Balaban J connectivity index is 2.04. The molecule has 0 saturated carbocycles. The Labute approximate surface area is 180 Å². The number of ether oxygens (including phenoxy) is 2. The second kappa shape index (κ2) is 11.4. The van der Waals surface area contributed by atoms with Crippen LogP contribution in [0.15, 0.2) is 18.2 Å². The molecule has 0 spiro atoms. The summed E-state index contributed by atoms with van der Waals surface area (Å²) in [6.45, 7) is 5.41. The number of aryl methyl sites for hydroxylation is 1. The molecular weight excluding hydrogens is 415 g/mol. The number of amides is 2. The van der Waals surface area contributed by atoms with Crippen LogP contribution in [0.25, 0.3) is 0 Å². The Morgan fingerprint density at radius 3 is 2.81 bits per heavy atom. The molecule has 174 valence electrons. The Hall–Kier alpha value is -2.17. The summed E-state index contributed by atoms with van der Waals surface area (Å²) in [5.74, 6) is -6.63. The molecule has 2 amide bonds. The lowest BCUT2D eigenvalue weighted by Crippen LogP contribution is -2.57. The number of carbonyl (C=O) groups is 2. The highest BCUT2D eigenvalue weighted by Gasteiger charge is 2.42. The lowest BCUT2D eigenvalue weighted by atomic mass is 10.0. The van der Waals surface area contributed by atoms with Gasteiger partial charge in [0, 0.05) is 38.4 Å². The van der Waals surface area contributed by atoms with E-state index in [1.807, 2.05) is 11.8 Å². The second-order valence-electron chi connectivity index (χ2n) is 7.45. The normalized spacial score (nSPS) is 18.5. The predicted octanol–water partition coefficient (Wildman–Crippen LogP) is 1.58. The van der Waals surface area contributed by atoms with Crippen LogP contribution in [0.1, 0.15) is 24.5 Å². The first-order valence-corrected chi connectivity index (χ1v) is 10.2. The maximum absolute atomic E-state index is 14.6. The maximum atomic E-state index is 14.6. The van der Waals surface area contributed by atoms with Crippen LogP contribution in [0.2, 0.25) is 0 Å². The Bertz CT molecular complexity index is 763. The van der Waals surface area contributed by atoms with E-state index in [9.17, 15) is 22.8 Å². The number of hydrogen-bond acceptors (Lipinski definition) is 5. The molecule has 0 aromatic heterocycles. The van der Waals surface area contributed by atoms with E-state index in [1.54, 1.807) is 0 Å². The number of rotatable bonds is 10. The Morgan fingerprint density at radius 2 is 2.13 bits per heavy atom. The first kappa shape index (κ1) is 25.1. The maximum Gasteiger partial charge on any atom is 0.350 e. The molecule has 7 nitrogen and oxygen atoms in total. The highest BCUT2D eigenvalue weighted by molar-refractivity contribution is 5.85. The lowest BCUT2D eigenvalue weighted by molar-refractivity contribution is -0.147. The van der Waals surface area contributed by atoms with Crippen molar-refractivity contribution in [1.82, 2.24) is 15.5 Å². The summed E-state index contributed by atoms with van der Waals surface area (Å²) >= 11 is 0. The SMILES string of the molecule is CCN1CCOCC1C(=O)NC(CCOC)CNC(=O)C(F)(F)c1cc(F)ccc1C. The predicted molar refractivity (Wildman–Crippen MR) is 108 cm³/mol. The van der Waals surface area contributed by atoms with Gasteiger partial charge in [-0.25, -0.2) is 4.39 Å². The molecule has 0 radical (unpaired) electrons. The van der Waals surface area contributed by atoms with E-state index in [0.29, 0.717) is 32.2 Å². The average molecular weight is 445 g/mol. The zero-order valence-corrected chi connectivity index (χ0v) is 18.1. The first-order chi connectivity index (χ1) is 14.7. The smallest absolute Gasteiger partial charge is 0.350 e. The molecule has 2 rings (SSSR count). The molecule has 1 aromatic rings. The van der Waals surface area contributed by atoms with Gasteiger partial charge < -0.3 is 20.1 Å². The quantitative estimate of drug-likeness (QED) is 0.572. The van der Waals surface area contributed by atoms with Gasteiger partial charge in [0.1, 0.15) is 11.9 Å². The number of alkyl halides is 2. The fourth-order valence-electron chi connectivity index (χ4n) is 3.42. The van der Waals surface area contributed by atoms with Crippen molar-refractivity contribution >= 4 is 11.8 Å². The minimum atomic E-state index is -3.92. The number of nitrogens with zero attached hydrogens (tertiary/aromatic N) is 1. The number of halogens is 3. The summed E-state index contributed by atoms with van der Waals surface area (Å²) in [4.78, 5) is 26.9. The minimum absolute atomic E-state index is 0.0998. The van der Waals surface area contributed by atoms with Crippen molar-refractivity contribution in [2.75, 3.05) is 46.6 Å². The van der Waals surface area contributed by atoms with E-state index >= 15 is 0 Å². The average Bonchev–Trinajstić information content (AvgIpc) is 2.76. The zero-order valence-electron chi connectivity index (χ0n) is 18.1. The summed E-state index contributed by atoms with van der Waals surface area (Å²) in [6, 6.07) is 1.79. The molecule has 1 fully saturated rings. The number of morpholine rings is 1. The van der Waals surface area contributed by atoms with E-state index in [-0.39, 0.29) is 31.2 Å². The highest BCUT2D eigenvalue weighted by Crippen LogP contribution is 2.31. The number of carbonyl (C=O) groups excluding carboxylic acids is 2. The molecule has 2 atom stereocenters. The minimum Gasteiger partial charge on any atom is -0.385 e. The van der Waals surface area contributed by atoms with Gasteiger partial charge in [-0.15, -0.1) is 0 Å². The van der Waals surface area contributed by atoms with Crippen molar-refractivity contribution < 1.29 is 32.2 Å². The van der Waals surface area contributed by atoms with Gasteiger partial charge in [-0.05, 0) is 37.6 Å². The Morgan fingerprint density at radius 1 is 1.39 bits per heavy atom. The monoisotopic (exact) mass is 445 g/mol. The van der Waals surface area contributed by atoms with Gasteiger partial charge in [0.15, 0.2) is 0 Å². The fourth-order valence-corrected chi connectivity index (χ4v) is 3.42. The molecule has 1 saturated heterocycles. The van der Waals surface area contributed by atoms with Crippen molar-refractivity contribution in [2.45, 2.75) is 38.3 Å². The zero-order chi connectivity index (χ0) is 23.0. The van der Waals surface area contributed by atoms with Crippen molar-refractivity contribution in [1.29, 1.82) is 0 Å². The summed E-state index contributed by atoms with van der Waals surface area (Å²) in [5.41, 5.74) is -0.594. The standard InChI is InChI=1S/C21H30F3N3O4/c1-4-27-8-10-31-13-18(27)19(28)26-16(7-9-30-3)12-25-20(29)21(23,24)17-11-15(22)6-5-14(17)2/h5-6,11,16,18H,4,7-10,12-13H2,1-3H3,(H,25,29)(H,26,28). The van der Waals surface area contributed by atoms with E-state index in [1.165, 1.54) is 20.1 Å². The largest absolute Gasteiger partial charge is 0.385 e. The van der Waals surface area contributed by atoms with Crippen LogP contribution in [-0.2, 0) is 25.0 Å². The van der Waals surface area contributed by atoms with Crippen molar-refractivity contribution in [3.8, 4) is 0 Å². The van der Waals surface area contributed by atoms with Gasteiger partial charge in [0.2, 0.25) is 5.91 Å². The van der Waals surface area contributed by atoms with Crippen LogP contribution >= 0.6 is 0 Å². The van der Waals surface area contributed by atoms with Crippen LogP contribution < -0.4 is 10.6 Å². The van der Waals surface area contributed by atoms with Crippen LogP contribution in [0.5, 0.6) is 0 Å². The van der Waals surface area contributed by atoms with Crippen molar-refractivity contribution in [3.63, 3.8) is 0 Å². The van der Waals surface area contributed by atoms with E-state index in [4.69, 9.17) is 9.47 Å². The second-order valence-corrected chi connectivity index (χ2v) is 7.45. The first-order valence-electron chi connectivity index (χ1n) is 10.2. The molecule has 1 aliphatic rings. The summed E-state index contributed by atoms with van der Waals surface area (Å²) < 4.78 is 53.1. The summed E-state index contributed by atoms with van der Waals surface area (Å²) in [5, 5.41) is 4.98. The molecule has 2 N–H and O–H groups in total. The molecule has 1 aliphatic heterocycles. The molecule has 0 aliphatic carbocycles. The van der Waals surface area contributed by atoms with Gasteiger partial charge in [0.25, 0.3) is 5.91 Å². The van der Waals surface area contributed by atoms with Gasteiger partial charge in [-0.3, -0.25) is 14.5 Å². The molecule has 1 heterocycles. The third-order valence-electron chi connectivity index (χ3n) is 5.30. The van der Waals surface area contributed by atoms with Crippen molar-refractivity contribution in [2.24, 2.45) is 0 Å². The van der Waals surface area contributed by atoms with Crippen LogP contribution in [0, 0.1) is 12.7 Å². The van der Waals surface area contributed by atoms with Crippen LogP contribution in [-0.4, -0.2) is 75.4 Å². The van der Waals surface area contributed by atoms with Gasteiger partial charge in [-0.2, -0.15) is 8.78 Å².